The Labute approximate surface area is 123 Å². The van der Waals surface area contributed by atoms with Gasteiger partial charge in [0.15, 0.2) is 5.82 Å². The quantitative estimate of drug-likeness (QED) is 0.806. The van der Waals surface area contributed by atoms with Crippen LogP contribution < -0.4 is 10.6 Å². The third-order valence-corrected chi connectivity index (χ3v) is 3.50. The number of rotatable bonds is 7. The molecule has 0 radical (unpaired) electrons. The second kappa shape index (κ2) is 6.07. The van der Waals surface area contributed by atoms with Gasteiger partial charge in [-0.15, -0.1) is 0 Å². The SMILES string of the molecule is CCNc1nc(C2CC2)nc(NCCc2ncon2)c1C. The van der Waals surface area contributed by atoms with Gasteiger partial charge in [0.25, 0.3) is 0 Å². The van der Waals surface area contributed by atoms with Gasteiger partial charge in [-0.1, -0.05) is 5.16 Å². The van der Waals surface area contributed by atoms with Gasteiger partial charge in [0.05, 0.1) is 0 Å². The topological polar surface area (TPSA) is 88.8 Å². The first-order valence-electron chi connectivity index (χ1n) is 7.39. The number of hydrogen-bond donors (Lipinski definition) is 2. The van der Waals surface area contributed by atoms with E-state index in [1.54, 1.807) is 0 Å². The van der Waals surface area contributed by atoms with Crippen LogP contribution >= 0.6 is 0 Å². The molecule has 3 rings (SSSR count). The Kier molecular flexibility index (Phi) is 3.98. The Morgan fingerprint density at radius 2 is 2.00 bits per heavy atom. The van der Waals surface area contributed by atoms with E-state index >= 15 is 0 Å². The predicted octanol–water partition coefficient (Wildman–Crippen LogP) is 2.13. The first-order chi connectivity index (χ1) is 10.3. The second-order valence-electron chi connectivity index (χ2n) is 5.23. The molecule has 2 aromatic rings. The van der Waals surface area contributed by atoms with Crippen molar-refractivity contribution in [2.24, 2.45) is 0 Å². The van der Waals surface area contributed by atoms with E-state index in [0.717, 1.165) is 29.6 Å². The normalized spacial score (nSPS) is 14.2. The van der Waals surface area contributed by atoms with Gasteiger partial charge in [0.2, 0.25) is 6.39 Å². The molecule has 1 aliphatic rings. The van der Waals surface area contributed by atoms with Crippen LogP contribution in [0, 0.1) is 6.92 Å². The molecule has 0 amide bonds. The van der Waals surface area contributed by atoms with Crippen molar-refractivity contribution in [1.82, 2.24) is 20.1 Å². The van der Waals surface area contributed by atoms with Gasteiger partial charge in [-0.2, -0.15) is 4.98 Å². The average molecular weight is 288 g/mol. The van der Waals surface area contributed by atoms with E-state index in [2.05, 4.69) is 37.7 Å². The first kappa shape index (κ1) is 13.8. The Balaban J connectivity index is 1.72. The van der Waals surface area contributed by atoms with E-state index in [4.69, 9.17) is 4.52 Å². The summed E-state index contributed by atoms with van der Waals surface area (Å²) >= 11 is 0. The molecule has 2 heterocycles. The highest BCUT2D eigenvalue weighted by Gasteiger charge is 2.28. The second-order valence-corrected chi connectivity index (χ2v) is 5.23. The van der Waals surface area contributed by atoms with E-state index in [1.807, 2.05) is 6.92 Å². The number of aromatic nitrogens is 4. The highest BCUT2D eigenvalue weighted by Crippen LogP contribution is 2.39. The summed E-state index contributed by atoms with van der Waals surface area (Å²) in [4.78, 5) is 13.3. The van der Waals surface area contributed by atoms with Crippen LogP contribution in [0.1, 0.15) is 42.9 Å². The molecule has 7 heteroatoms. The lowest BCUT2D eigenvalue weighted by atomic mass is 10.2. The van der Waals surface area contributed by atoms with Crippen molar-refractivity contribution in [2.75, 3.05) is 23.7 Å². The van der Waals surface area contributed by atoms with Crippen molar-refractivity contribution >= 4 is 11.6 Å². The zero-order valence-corrected chi connectivity index (χ0v) is 12.4. The fourth-order valence-corrected chi connectivity index (χ4v) is 2.17. The Bertz CT molecular complexity index is 594. The molecule has 0 spiro atoms. The van der Waals surface area contributed by atoms with E-state index in [-0.39, 0.29) is 0 Å². The minimum absolute atomic E-state index is 0.528. The lowest BCUT2D eigenvalue weighted by Gasteiger charge is -2.14. The van der Waals surface area contributed by atoms with Gasteiger partial charge in [-0.05, 0) is 26.7 Å². The fraction of sp³-hybridized carbons (Fsp3) is 0.571. The number of anilines is 2. The summed E-state index contributed by atoms with van der Waals surface area (Å²) in [6.07, 6.45) is 4.43. The van der Waals surface area contributed by atoms with Gasteiger partial charge >= 0.3 is 0 Å². The summed E-state index contributed by atoms with van der Waals surface area (Å²) in [6, 6.07) is 0. The molecule has 1 fully saturated rings. The van der Waals surface area contributed by atoms with Crippen molar-refractivity contribution < 1.29 is 4.52 Å². The van der Waals surface area contributed by atoms with Crippen molar-refractivity contribution in [3.05, 3.63) is 23.6 Å². The number of nitrogens with zero attached hydrogens (tertiary/aromatic N) is 4. The van der Waals surface area contributed by atoms with E-state index in [9.17, 15) is 0 Å². The van der Waals surface area contributed by atoms with E-state index < -0.39 is 0 Å². The molecule has 0 aliphatic heterocycles. The minimum atomic E-state index is 0.528. The van der Waals surface area contributed by atoms with Crippen molar-refractivity contribution in [3.63, 3.8) is 0 Å². The van der Waals surface area contributed by atoms with Crippen LogP contribution in [0.4, 0.5) is 11.6 Å². The molecule has 0 atom stereocenters. The van der Waals surface area contributed by atoms with Crippen LogP contribution in [0.2, 0.25) is 0 Å². The number of nitrogens with one attached hydrogen (secondary N) is 2. The molecule has 7 nitrogen and oxygen atoms in total. The number of hydrogen-bond acceptors (Lipinski definition) is 7. The maximum absolute atomic E-state index is 4.73. The smallest absolute Gasteiger partial charge is 0.213 e. The van der Waals surface area contributed by atoms with Crippen LogP contribution in [0.3, 0.4) is 0 Å². The van der Waals surface area contributed by atoms with Gasteiger partial charge in [0, 0.05) is 31.0 Å². The lowest BCUT2D eigenvalue weighted by Crippen LogP contribution is -2.13. The molecular formula is C14H20N6O. The standard InChI is InChI=1S/C14H20N6O/c1-3-15-12-9(2)13(19-14(18-12)10-4-5-10)16-7-6-11-17-8-21-20-11/h8,10H,3-7H2,1-2H3,(H2,15,16,18,19). The lowest BCUT2D eigenvalue weighted by molar-refractivity contribution is 0.410. The fourth-order valence-electron chi connectivity index (χ4n) is 2.17. The van der Waals surface area contributed by atoms with Gasteiger partial charge < -0.3 is 15.2 Å². The molecule has 0 aromatic carbocycles. The van der Waals surface area contributed by atoms with Crippen LogP contribution in [-0.2, 0) is 6.42 Å². The Morgan fingerprint density at radius 1 is 1.24 bits per heavy atom. The summed E-state index contributed by atoms with van der Waals surface area (Å²) in [5.74, 6) is 3.99. The zero-order valence-electron chi connectivity index (χ0n) is 12.4. The van der Waals surface area contributed by atoms with E-state index in [0.29, 0.717) is 24.7 Å². The highest BCUT2D eigenvalue weighted by molar-refractivity contribution is 5.57. The first-order valence-corrected chi connectivity index (χ1v) is 7.39. The highest BCUT2D eigenvalue weighted by atomic mass is 16.5. The summed E-state index contributed by atoms with van der Waals surface area (Å²) < 4.78 is 4.73. The molecule has 1 aliphatic carbocycles. The van der Waals surface area contributed by atoms with Crippen LogP contribution in [0.25, 0.3) is 0 Å². The molecule has 0 saturated heterocycles. The van der Waals surface area contributed by atoms with Crippen molar-refractivity contribution in [3.8, 4) is 0 Å². The summed E-state index contributed by atoms with van der Waals surface area (Å²) in [5, 5.41) is 10.5. The molecule has 2 aromatic heterocycles. The van der Waals surface area contributed by atoms with E-state index in [1.165, 1.54) is 19.2 Å². The van der Waals surface area contributed by atoms with Crippen LogP contribution in [-0.4, -0.2) is 33.2 Å². The summed E-state index contributed by atoms with van der Waals surface area (Å²) in [7, 11) is 0. The van der Waals surface area contributed by atoms with Crippen molar-refractivity contribution in [1.29, 1.82) is 0 Å². The predicted molar refractivity (Wildman–Crippen MR) is 79.4 cm³/mol. The molecule has 0 unspecified atom stereocenters. The minimum Gasteiger partial charge on any atom is -0.370 e. The van der Waals surface area contributed by atoms with Gasteiger partial charge in [-0.3, -0.25) is 0 Å². The molecule has 21 heavy (non-hydrogen) atoms. The molecule has 1 saturated carbocycles. The Morgan fingerprint density at radius 3 is 2.62 bits per heavy atom. The van der Waals surface area contributed by atoms with Gasteiger partial charge in [0.1, 0.15) is 17.5 Å². The maximum atomic E-state index is 4.73. The molecular weight excluding hydrogens is 268 g/mol. The van der Waals surface area contributed by atoms with Crippen molar-refractivity contribution in [2.45, 2.75) is 39.0 Å². The largest absolute Gasteiger partial charge is 0.370 e. The third-order valence-electron chi connectivity index (χ3n) is 3.50. The average Bonchev–Trinajstić information content (AvgIpc) is 3.20. The third kappa shape index (κ3) is 3.29. The summed E-state index contributed by atoms with van der Waals surface area (Å²) in [6.45, 7) is 5.67. The summed E-state index contributed by atoms with van der Waals surface area (Å²) in [5.41, 5.74) is 1.05. The maximum Gasteiger partial charge on any atom is 0.213 e. The zero-order chi connectivity index (χ0) is 14.7. The van der Waals surface area contributed by atoms with Gasteiger partial charge in [-0.25, -0.2) is 9.97 Å². The molecule has 112 valence electrons. The van der Waals surface area contributed by atoms with Crippen LogP contribution in [0.5, 0.6) is 0 Å². The molecule has 0 bridgehead atoms. The van der Waals surface area contributed by atoms with Crippen LogP contribution in [0.15, 0.2) is 10.9 Å². The monoisotopic (exact) mass is 288 g/mol. The Hall–Kier alpha value is -2.18. The molecule has 2 N–H and O–H groups in total.